The monoisotopic (exact) mass is 253 g/mol. The van der Waals surface area contributed by atoms with E-state index in [2.05, 4.69) is 10.4 Å². The summed E-state index contributed by atoms with van der Waals surface area (Å²) in [5.41, 5.74) is -1.10. The number of carbonyl (C=O) groups is 1. The lowest BCUT2D eigenvalue weighted by molar-refractivity contribution is 0.0141. The summed E-state index contributed by atoms with van der Waals surface area (Å²) < 4.78 is 1.09. The van der Waals surface area contributed by atoms with Gasteiger partial charge in [0.2, 0.25) is 0 Å². The molecule has 1 amide bonds. The van der Waals surface area contributed by atoms with Crippen molar-refractivity contribution in [2.45, 2.75) is 26.4 Å². The first-order valence-electron chi connectivity index (χ1n) is 5.79. The predicted octanol–water partition coefficient (Wildman–Crippen LogP) is -0.0829. The zero-order chi connectivity index (χ0) is 13.9. The first-order chi connectivity index (χ1) is 8.24. The average Bonchev–Trinajstić information content (AvgIpc) is 2.29. The molecule has 18 heavy (non-hydrogen) atoms. The first-order valence-corrected chi connectivity index (χ1v) is 5.79. The highest BCUT2D eigenvalue weighted by Gasteiger charge is 2.25. The molecule has 0 radical (unpaired) electrons. The number of amides is 1. The molecule has 0 aliphatic heterocycles. The lowest BCUT2D eigenvalue weighted by Gasteiger charge is -2.27. The molecule has 1 rings (SSSR count). The summed E-state index contributed by atoms with van der Waals surface area (Å²) in [5.74, 6) is -0.391. The number of aromatic nitrogens is 2. The smallest absolute Gasteiger partial charge is 0.271 e. The molecule has 0 spiro atoms. The maximum absolute atomic E-state index is 11.8. The maximum atomic E-state index is 11.8. The van der Waals surface area contributed by atoms with Crippen LogP contribution in [0.1, 0.15) is 31.3 Å². The van der Waals surface area contributed by atoms with E-state index in [1.165, 1.54) is 19.2 Å². The summed E-state index contributed by atoms with van der Waals surface area (Å²) in [5, 5.41) is 16.4. The highest BCUT2D eigenvalue weighted by Crippen LogP contribution is 2.14. The van der Waals surface area contributed by atoms with E-state index in [0.29, 0.717) is 0 Å². The summed E-state index contributed by atoms with van der Waals surface area (Å²) in [6, 6.07) is 2.64. The van der Waals surface area contributed by atoms with E-state index < -0.39 is 11.5 Å². The Morgan fingerprint density at radius 3 is 2.67 bits per heavy atom. The van der Waals surface area contributed by atoms with Crippen molar-refractivity contribution in [2.75, 3.05) is 6.54 Å². The van der Waals surface area contributed by atoms with Gasteiger partial charge in [0, 0.05) is 19.7 Å². The zero-order valence-corrected chi connectivity index (χ0v) is 11.1. The molecule has 1 atom stereocenters. The summed E-state index contributed by atoms with van der Waals surface area (Å²) in [6.07, 6.45) is 0. The van der Waals surface area contributed by atoms with Gasteiger partial charge in [0.1, 0.15) is 5.69 Å². The van der Waals surface area contributed by atoms with Crippen LogP contribution in [0.25, 0.3) is 0 Å². The molecule has 0 aliphatic rings. The van der Waals surface area contributed by atoms with Crippen molar-refractivity contribution >= 4 is 5.91 Å². The molecule has 0 saturated carbocycles. The third kappa shape index (κ3) is 3.40. The van der Waals surface area contributed by atoms with Crippen LogP contribution in [-0.2, 0) is 7.05 Å². The van der Waals surface area contributed by atoms with Gasteiger partial charge in [-0.2, -0.15) is 5.10 Å². The molecular weight excluding hydrogens is 234 g/mol. The van der Waals surface area contributed by atoms with Gasteiger partial charge in [0.05, 0.1) is 5.60 Å². The summed E-state index contributed by atoms with van der Waals surface area (Å²) in [6.45, 7) is 5.54. The van der Waals surface area contributed by atoms with Crippen LogP contribution >= 0.6 is 0 Å². The molecule has 1 aromatic rings. The largest absolute Gasteiger partial charge is 0.388 e. The Balaban J connectivity index is 2.72. The average molecular weight is 253 g/mol. The number of hydrogen-bond donors (Lipinski definition) is 2. The van der Waals surface area contributed by atoms with Crippen molar-refractivity contribution in [1.82, 2.24) is 15.1 Å². The normalized spacial score (nSPS) is 14.3. The highest BCUT2D eigenvalue weighted by molar-refractivity contribution is 5.92. The van der Waals surface area contributed by atoms with E-state index in [0.717, 1.165) is 4.68 Å². The second kappa shape index (κ2) is 5.30. The van der Waals surface area contributed by atoms with Crippen molar-refractivity contribution in [3.05, 3.63) is 28.2 Å². The molecule has 0 aliphatic carbocycles. The van der Waals surface area contributed by atoms with Crippen molar-refractivity contribution in [2.24, 2.45) is 13.0 Å². The molecule has 0 aromatic carbocycles. The van der Waals surface area contributed by atoms with Gasteiger partial charge in [0.15, 0.2) is 0 Å². The van der Waals surface area contributed by atoms with E-state index in [1.54, 1.807) is 6.92 Å². The minimum Gasteiger partial charge on any atom is -0.388 e. The van der Waals surface area contributed by atoms with Crippen molar-refractivity contribution < 1.29 is 9.90 Å². The number of aryl methyl sites for hydroxylation is 1. The summed E-state index contributed by atoms with van der Waals surface area (Å²) >= 11 is 0. The van der Waals surface area contributed by atoms with Gasteiger partial charge in [0.25, 0.3) is 11.5 Å². The van der Waals surface area contributed by atoms with Crippen LogP contribution in [0.2, 0.25) is 0 Å². The van der Waals surface area contributed by atoms with Crippen LogP contribution in [0, 0.1) is 5.92 Å². The van der Waals surface area contributed by atoms with Crippen LogP contribution in [0.15, 0.2) is 16.9 Å². The second-order valence-electron chi connectivity index (χ2n) is 4.87. The van der Waals surface area contributed by atoms with Gasteiger partial charge >= 0.3 is 0 Å². The highest BCUT2D eigenvalue weighted by atomic mass is 16.3. The van der Waals surface area contributed by atoms with E-state index in [1.807, 2.05) is 13.8 Å². The Labute approximate surface area is 106 Å². The molecule has 1 heterocycles. The molecule has 0 saturated heterocycles. The van der Waals surface area contributed by atoms with Gasteiger partial charge in [-0.15, -0.1) is 0 Å². The molecule has 0 fully saturated rings. The van der Waals surface area contributed by atoms with Crippen molar-refractivity contribution in [3.8, 4) is 0 Å². The molecule has 6 heteroatoms. The predicted molar refractivity (Wildman–Crippen MR) is 67.3 cm³/mol. The molecule has 2 N–H and O–H groups in total. The Kier molecular flexibility index (Phi) is 4.24. The van der Waals surface area contributed by atoms with E-state index >= 15 is 0 Å². The Morgan fingerprint density at radius 2 is 2.17 bits per heavy atom. The molecule has 1 unspecified atom stereocenters. The molecule has 1 aromatic heterocycles. The zero-order valence-electron chi connectivity index (χ0n) is 11.1. The van der Waals surface area contributed by atoms with Crippen LogP contribution in [-0.4, -0.2) is 32.9 Å². The van der Waals surface area contributed by atoms with E-state index in [-0.39, 0.29) is 23.7 Å². The third-order valence-electron chi connectivity index (χ3n) is 3.04. The summed E-state index contributed by atoms with van der Waals surface area (Å²) in [4.78, 5) is 22.9. The SMILES string of the molecule is CC(C)C(C)(O)CNC(=O)c1ccc(=O)n(C)n1. The fourth-order valence-electron chi connectivity index (χ4n) is 1.18. The topological polar surface area (TPSA) is 84.2 Å². The van der Waals surface area contributed by atoms with Gasteiger partial charge in [-0.3, -0.25) is 9.59 Å². The van der Waals surface area contributed by atoms with Crippen LogP contribution < -0.4 is 10.9 Å². The Hall–Kier alpha value is -1.69. The molecule has 100 valence electrons. The maximum Gasteiger partial charge on any atom is 0.271 e. The quantitative estimate of drug-likeness (QED) is 0.786. The molecular formula is C12H19N3O3. The van der Waals surface area contributed by atoms with Gasteiger partial charge in [-0.1, -0.05) is 13.8 Å². The Morgan fingerprint density at radius 1 is 1.56 bits per heavy atom. The van der Waals surface area contributed by atoms with Crippen LogP contribution in [0.3, 0.4) is 0 Å². The number of rotatable bonds is 4. The summed E-state index contributed by atoms with van der Waals surface area (Å²) in [7, 11) is 1.48. The number of aliphatic hydroxyl groups is 1. The number of hydrogen-bond acceptors (Lipinski definition) is 4. The number of carbonyl (C=O) groups excluding carboxylic acids is 1. The van der Waals surface area contributed by atoms with Crippen molar-refractivity contribution in [3.63, 3.8) is 0 Å². The van der Waals surface area contributed by atoms with Gasteiger partial charge in [-0.25, -0.2) is 4.68 Å². The van der Waals surface area contributed by atoms with Crippen LogP contribution in [0.5, 0.6) is 0 Å². The second-order valence-corrected chi connectivity index (χ2v) is 4.87. The van der Waals surface area contributed by atoms with Gasteiger partial charge < -0.3 is 10.4 Å². The lowest BCUT2D eigenvalue weighted by Crippen LogP contribution is -2.44. The number of nitrogens with one attached hydrogen (secondary N) is 1. The lowest BCUT2D eigenvalue weighted by atomic mass is 9.92. The van der Waals surface area contributed by atoms with Gasteiger partial charge in [-0.05, 0) is 18.9 Å². The molecule has 0 bridgehead atoms. The van der Waals surface area contributed by atoms with Crippen molar-refractivity contribution in [1.29, 1.82) is 0 Å². The fourth-order valence-corrected chi connectivity index (χ4v) is 1.18. The van der Waals surface area contributed by atoms with E-state index in [4.69, 9.17) is 0 Å². The number of nitrogens with zero attached hydrogens (tertiary/aromatic N) is 2. The third-order valence-corrected chi connectivity index (χ3v) is 3.04. The Bertz CT molecular complexity index is 492. The minimum absolute atomic E-state index is 0.0193. The van der Waals surface area contributed by atoms with E-state index in [9.17, 15) is 14.7 Å². The standard InChI is InChI=1S/C12H19N3O3/c1-8(2)12(3,18)7-13-11(17)9-5-6-10(16)15(4)14-9/h5-6,8,18H,7H2,1-4H3,(H,13,17). The first kappa shape index (κ1) is 14.4. The van der Waals surface area contributed by atoms with Crippen LogP contribution in [0.4, 0.5) is 0 Å². The molecule has 6 nitrogen and oxygen atoms in total. The minimum atomic E-state index is -0.976. The fraction of sp³-hybridized carbons (Fsp3) is 0.583.